The lowest BCUT2D eigenvalue weighted by Gasteiger charge is -1.87. The highest BCUT2D eigenvalue weighted by molar-refractivity contribution is 7.10. The van der Waals surface area contributed by atoms with E-state index in [1.165, 1.54) is 17.4 Å². The van der Waals surface area contributed by atoms with Gasteiger partial charge in [0.2, 0.25) is 0 Å². The third kappa shape index (κ3) is 2.61. The molecule has 72 valence electrons. The fraction of sp³-hybridized carbons (Fsp3) is 0.111. The van der Waals surface area contributed by atoms with Gasteiger partial charge in [0.25, 0.3) is 0 Å². The standard InChI is InChI=1S/C9H6O4S/c10-8(11)3-1-2-7-6(9(12)13)4-5-14-7/h4-5H,3H2,(H,10,11)(H,12,13). The van der Waals surface area contributed by atoms with Crippen LogP contribution in [0.4, 0.5) is 0 Å². The topological polar surface area (TPSA) is 74.6 Å². The fourth-order valence-electron chi connectivity index (χ4n) is 0.775. The number of carboxylic acids is 2. The third-order valence-corrected chi connectivity index (χ3v) is 2.17. The molecular formula is C9H6O4S. The number of carboxylic acid groups (broad SMARTS) is 2. The predicted molar refractivity (Wildman–Crippen MR) is 50.4 cm³/mol. The van der Waals surface area contributed by atoms with Gasteiger partial charge in [0.1, 0.15) is 6.42 Å². The first-order chi connectivity index (χ1) is 6.61. The first kappa shape index (κ1) is 10.3. The van der Waals surface area contributed by atoms with Crippen LogP contribution >= 0.6 is 11.3 Å². The van der Waals surface area contributed by atoms with Crippen LogP contribution in [0.2, 0.25) is 0 Å². The number of aliphatic carboxylic acids is 1. The zero-order valence-electron chi connectivity index (χ0n) is 6.98. The first-order valence-corrected chi connectivity index (χ1v) is 4.50. The van der Waals surface area contributed by atoms with Gasteiger partial charge in [0.05, 0.1) is 10.4 Å². The minimum atomic E-state index is -1.05. The van der Waals surface area contributed by atoms with Gasteiger partial charge in [-0.1, -0.05) is 11.8 Å². The molecule has 0 aliphatic heterocycles. The van der Waals surface area contributed by atoms with Gasteiger partial charge in [0, 0.05) is 0 Å². The van der Waals surface area contributed by atoms with E-state index in [0.717, 1.165) is 0 Å². The number of aromatic carboxylic acids is 1. The van der Waals surface area contributed by atoms with Crippen molar-refractivity contribution in [3.8, 4) is 11.8 Å². The quantitative estimate of drug-likeness (QED) is 0.721. The second-order valence-corrected chi connectivity index (χ2v) is 3.26. The molecule has 0 atom stereocenters. The van der Waals surface area contributed by atoms with Crippen LogP contribution in [-0.4, -0.2) is 22.2 Å². The average molecular weight is 210 g/mol. The van der Waals surface area contributed by atoms with E-state index in [0.29, 0.717) is 4.88 Å². The number of thiophene rings is 1. The van der Waals surface area contributed by atoms with Crippen LogP contribution < -0.4 is 0 Å². The summed E-state index contributed by atoms with van der Waals surface area (Å²) in [5.74, 6) is 2.82. The van der Waals surface area contributed by atoms with E-state index >= 15 is 0 Å². The van der Waals surface area contributed by atoms with Gasteiger partial charge in [-0.15, -0.1) is 11.3 Å². The van der Waals surface area contributed by atoms with Gasteiger partial charge in [0.15, 0.2) is 0 Å². The van der Waals surface area contributed by atoms with Crippen molar-refractivity contribution < 1.29 is 19.8 Å². The summed E-state index contributed by atoms with van der Waals surface area (Å²) in [6.07, 6.45) is -0.281. The van der Waals surface area contributed by atoms with Gasteiger partial charge in [-0.2, -0.15) is 0 Å². The summed E-state index contributed by atoms with van der Waals surface area (Å²) in [7, 11) is 0. The minimum absolute atomic E-state index is 0.118. The number of hydrogen-bond donors (Lipinski definition) is 2. The number of carbonyl (C=O) groups is 2. The number of rotatable bonds is 2. The van der Waals surface area contributed by atoms with E-state index in [4.69, 9.17) is 10.2 Å². The summed E-state index contributed by atoms with van der Waals surface area (Å²) in [4.78, 5) is 21.1. The fourth-order valence-corrected chi connectivity index (χ4v) is 1.53. The van der Waals surface area contributed by atoms with Crippen LogP contribution in [0.15, 0.2) is 11.4 Å². The van der Waals surface area contributed by atoms with Gasteiger partial charge in [-0.05, 0) is 11.4 Å². The lowest BCUT2D eigenvalue weighted by atomic mass is 10.2. The molecule has 0 aliphatic rings. The Morgan fingerprint density at radius 1 is 1.43 bits per heavy atom. The van der Waals surface area contributed by atoms with E-state index in [9.17, 15) is 9.59 Å². The monoisotopic (exact) mass is 210 g/mol. The summed E-state index contributed by atoms with van der Waals surface area (Å²) in [5, 5.41) is 18.6. The molecule has 4 nitrogen and oxygen atoms in total. The SMILES string of the molecule is O=C(O)CC#Cc1sccc1C(=O)O. The molecule has 0 fully saturated rings. The molecule has 2 N–H and O–H groups in total. The second-order valence-electron chi connectivity index (χ2n) is 2.34. The molecule has 0 unspecified atom stereocenters. The zero-order valence-corrected chi connectivity index (χ0v) is 7.80. The molecule has 0 saturated carbocycles. The van der Waals surface area contributed by atoms with Crippen LogP contribution in [0.1, 0.15) is 21.7 Å². The van der Waals surface area contributed by atoms with Gasteiger partial charge in [-0.25, -0.2) is 4.79 Å². The smallest absolute Gasteiger partial charge is 0.337 e. The van der Waals surface area contributed by atoms with Gasteiger partial charge < -0.3 is 10.2 Å². The maximum atomic E-state index is 10.6. The van der Waals surface area contributed by atoms with Crippen molar-refractivity contribution in [2.24, 2.45) is 0 Å². The van der Waals surface area contributed by atoms with Crippen LogP contribution in [0.5, 0.6) is 0 Å². The Morgan fingerprint density at radius 3 is 2.71 bits per heavy atom. The average Bonchev–Trinajstić information content (AvgIpc) is 2.51. The molecule has 1 rings (SSSR count). The van der Waals surface area contributed by atoms with E-state index in [1.54, 1.807) is 5.38 Å². The Balaban J connectivity index is 2.84. The van der Waals surface area contributed by atoms with Crippen molar-refractivity contribution in [2.45, 2.75) is 6.42 Å². The Hall–Kier alpha value is -1.80. The first-order valence-electron chi connectivity index (χ1n) is 3.62. The van der Waals surface area contributed by atoms with Gasteiger partial charge >= 0.3 is 11.9 Å². The number of hydrogen-bond acceptors (Lipinski definition) is 3. The summed E-state index contributed by atoms with van der Waals surface area (Å²) >= 11 is 1.18. The summed E-state index contributed by atoms with van der Waals surface area (Å²) < 4.78 is 0. The Kier molecular flexibility index (Phi) is 3.26. The molecule has 0 amide bonds. The van der Waals surface area contributed by atoms with Crippen LogP contribution in [0, 0.1) is 11.8 Å². The lowest BCUT2D eigenvalue weighted by molar-refractivity contribution is -0.135. The maximum absolute atomic E-state index is 10.6. The normalized spacial score (nSPS) is 8.86. The van der Waals surface area contributed by atoms with E-state index in [1.807, 2.05) is 0 Å². The largest absolute Gasteiger partial charge is 0.481 e. The van der Waals surface area contributed by atoms with E-state index in [2.05, 4.69) is 11.8 Å². The molecule has 0 bridgehead atoms. The molecule has 0 saturated heterocycles. The van der Waals surface area contributed by atoms with Crippen LogP contribution in [0.3, 0.4) is 0 Å². The highest BCUT2D eigenvalue weighted by atomic mass is 32.1. The van der Waals surface area contributed by atoms with E-state index < -0.39 is 11.9 Å². The molecule has 1 aromatic heterocycles. The molecule has 5 heteroatoms. The molecule has 0 radical (unpaired) electrons. The summed E-state index contributed by atoms with van der Waals surface area (Å²) in [6.45, 7) is 0. The molecular weight excluding hydrogens is 204 g/mol. The zero-order chi connectivity index (χ0) is 10.6. The molecule has 0 aliphatic carbocycles. The molecule has 0 aromatic carbocycles. The summed E-state index contributed by atoms with van der Waals surface area (Å²) in [6, 6.07) is 1.44. The molecule has 1 aromatic rings. The highest BCUT2D eigenvalue weighted by Gasteiger charge is 2.08. The van der Waals surface area contributed by atoms with Crippen LogP contribution in [0.25, 0.3) is 0 Å². The minimum Gasteiger partial charge on any atom is -0.481 e. The maximum Gasteiger partial charge on any atom is 0.337 e. The Bertz CT molecular complexity index is 422. The van der Waals surface area contributed by atoms with Crippen molar-refractivity contribution in [1.29, 1.82) is 0 Å². The van der Waals surface area contributed by atoms with Crippen molar-refractivity contribution in [3.63, 3.8) is 0 Å². The van der Waals surface area contributed by atoms with Crippen molar-refractivity contribution in [1.82, 2.24) is 0 Å². The molecule has 14 heavy (non-hydrogen) atoms. The molecule has 0 spiro atoms. The Labute approximate surface area is 83.8 Å². The highest BCUT2D eigenvalue weighted by Crippen LogP contribution is 2.14. The second kappa shape index (κ2) is 4.44. The Morgan fingerprint density at radius 2 is 2.14 bits per heavy atom. The van der Waals surface area contributed by atoms with Crippen LogP contribution in [-0.2, 0) is 4.79 Å². The van der Waals surface area contributed by atoms with Gasteiger partial charge in [-0.3, -0.25) is 4.79 Å². The van der Waals surface area contributed by atoms with E-state index in [-0.39, 0.29) is 12.0 Å². The third-order valence-electron chi connectivity index (χ3n) is 1.34. The van der Waals surface area contributed by atoms with Crippen molar-refractivity contribution in [2.75, 3.05) is 0 Å². The summed E-state index contributed by atoms with van der Waals surface area (Å²) in [5.41, 5.74) is 0.118. The molecule has 1 heterocycles. The van der Waals surface area contributed by atoms with Crippen molar-refractivity contribution in [3.05, 3.63) is 21.9 Å². The lowest BCUT2D eigenvalue weighted by Crippen LogP contribution is -1.95. The van der Waals surface area contributed by atoms with Crippen molar-refractivity contribution >= 4 is 23.3 Å². The predicted octanol–water partition coefficient (Wildman–Crippen LogP) is 1.27.